The molecule has 0 aliphatic rings. The van der Waals surface area contributed by atoms with E-state index in [1.807, 2.05) is 0 Å². The van der Waals surface area contributed by atoms with Gasteiger partial charge in [-0.1, -0.05) is 42.9 Å². The van der Waals surface area contributed by atoms with Gasteiger partial charge in [-0.05, 0) is 37.4 Å². The van der Waals surface area contributed by atoms with Gasteiger partial charge in [-0.3, -0.25) is 9.69 Å². The van der Waals surface area contributed by atoms with E-state index < -0.39 is 0 Å². The van der Waals surface area contributed by atoms with Crippen molar-refractivity contribution in [2.24, 2.45) is 0 Å². The fourth-order valence-electron chi connectivity index (χ4n) is 3.49. The van der Waals surface area contributed by atoms with Crippen LogP contribution in [0.3, 0.4) is 0 Å². The topological polar surface area (TPSA) is 64.1 Å². The molecule has 0 radical (unpaired) electrons. The molecule has 0 saturated heterocycles. The van der Waals surface area contributed by atoms with E-state index in [-0.39, 0.29) is 5.91 Å². The van der Waals surface area contributed by atoms with Gasteiger partial charge in [0.25, 0.3) is 5.91 Å². The molecule has 0 unspecified atom stereocenters. The van der Waals surface area contributed by atoms with E-state index in [0.717, 1.165) is 17.8 Å². The van der Waals surface area contributed by atoms with E-state index >= 15 is 0 Å². The number of fused-ring (bicyclic) bond motifs is 1. The third kappa shape index (κ3) is 4.77. The Labute approximate surface area is 197 Å². The van der Waals surface area contributed by atoms with Crippen LogP contribution in [0.1, 0.15) is 24.2 Å². The second kappa shape index (κ2) is 10.8. The first-order valence-electron chi connectivity index (χ1n) is 10.4. The zero-order valence-corrected chi connectivity index (χ0v) is 20.5. The molecule has 0 spiro atoms. The first-order valence-corrected chi connectivity index (χ1v) is 11.6. The third-order valence-electron chi connectivity index (χ3n) is 5.31. The lowest BCUT2D eigenvalue weighted by Gasteiger charge is -2.25. The summed E-state index contributed by atoms with van der Waals surface area (Å²) in [6, 6.07) is 8.82. The number of carbonyl (C=O) groups excluding carboxylic acids is 1. The predicted octanol–water partition coefficient (Wildman–Crippen LogP) is 4.96. The van der Waals surface area contributed by atoms with Gasteiger partial charge >= 0.3 is 0 Å². The average Bonchev–Trinajstić information content (AvgIpc) is 3.27. The Morgan fingerprint density at radius 1 is 1.00 bits per heavy atom. The number of carbonyl (C=O) groups is 1. The number of hydrogen-bond donors (Lipinski definition) is 0. The van der Waals surface area contributed by atoms with E-state index in [2.05, 4.69) is 18.7 Å². The lowest BCUT2D eigenvalue weighted by molar-refractivity contribution is 0.0980. The summed E-state index contributed by atoms with van der Waals surface area (Å²) < 4.78 is 17.1. The molecular weight excluding hydrogens is 450 g/mol. The molecule has 2 aromatic carbocycles. The molecule has 0 aliphatic heterocycles. The van der Waals surface area contributed by atoms with Crippen molar-refractivity contribution in [1.29, 1.82) is 0 Å². The highest BCUT2D eigenvalue weighted by Crippen LogP contribution is 2.40. The number of benzene rings is 2. The summed E-state index contributed by atoms with van der Waals surface area (Å²) in [6.45, 7) is 7.14. The molecule has 1 heterocycles. The smallest absolute Gasteiger partial charge is 0.264 e. The Balaban J connectivity index is 2.10. The van der Waals surface area contributed by atoms with Crippen molar-refractivity contribution >= 4 is 44.2 Å². The van der Waals surface area contributed by atoms with Crippen molar-refractivity contribution in [3.63, 3.8) is 0 Å². The van der Waals surface area contributed by atoms with Crippen LogP contribution in [0.4, 0.5) is 5.13 Å². The molecule has 0 fully saturated rings. The van der Waals surface area contributed by atoms with Crippen molar-refractivity contribution in [1.82, 2.24) is 9.88 Å². The maximum absolute atomic E-state index is 13.8. The standard InChI is InChI=1S/C23H28ClN3O4S/c1-6-26(7-2)13-14-27(22(28)15-9-8-10-18(30-4)20(15)31-5)23-25-19-17(29-3)12-11-16(24)21(19)32-23/h8-12H,6-7,13-14H2,1-5H3. The maximum Gasteiger partial charge on any atom is 0.264 e. The summed E-state index contributed by atoms with van der Waals surface area (Å²) in [5.41, 5.74) is 1.04. The number of ether oxygens (including phenoxy) is 3. The van der Waals surface area contributed by atoms with Crippen LogP contribution in [-0.2, 0) is 0 Å². The Bertz CT molecular complexity index is 1080. The average molecular weight is 478 g/mol. The molecular formula is C23H28ClN3O4S. The van der Waals surface area contributed by atoms with E-state index in [4.69, 9.17) is 30.8 Å². The summed E-state index contributed by atoms with van der Waals surface area (Å²) in [5, 5.41) is 1.12. The number of amides is 1. The number of thiazole rings is 1. The summed E-state index contributed by atoms with van der Waals surface area (Å²) in [5.74, 6) is 1.28. The van der Waals surface area contributed by atoms with Gasteiger partial charge in [0.1, 0.15) is 11.3 Å². The molecule has 0 aliphatic carbocycles. The largest absolute Gasteiger partial charge is 0.494 e. The Morgan fingerprint density at radius 3 is 2.34 bits per heavy atom. The van der Waals surface area contributed by atoms with E-state index in [1.165, 1.54) is 18.4 Å². The minimum Gasteiger partial charge on any atom is -0.494 e. The molecule has 32 heavy (non-hydrogen) atoms. The van der Waals surface area contributed by atoms with Crippen LogP contribution in [0, 0.1) is 0 Å². The first kappa shape index (κ1) is 24.1. The van der Waals surface area contributed by atoms with Crippen LogP contribution in [0.2, 0.25) is 5.02 Å². The van der Waals surface area contributed by atoms with Crippen molar-refractivity contribution in [2.75, 3.05) is 52.4 Å². The van der Waals surface area contributed by atoms with Gasteiger partial charge in [-0.15, -0.1) is 0 Å². The highest BCUT2D eigenvalue weighted by Gasteiger charge is 2.27. The first-order chi connectivity index (χ1) is 15.5. The summed E-state index contributed by atoms with van der Waals surface area (Å²) >= 11 is 7.79. The summed E-state index contributed by atoms with van der Waals surface area (Å²) in [7, 11) is 4.66. The van der Waals surface area contributed by atoms with Crippen molar-refractivity contribution in [3.05, 3.63) is 40.9 Å². The minimum absolute atomic E-state index is 0.220. The van der Waals surface area contributed by atoms with Crippen LogP contribution in [0.5, 0.6) is 17.2 Å². The third-order valence-corrected chi connectivity index (χ3v) is 6.85. The quantitative estimate of drug-likeness (QED) is 0.411. The van der Waals surface area contributed by atoms with Gasteiger partial charge in [0.2, 0.25) is 0 Å². The molecule has 9 heteroatoms. The van der Waals surface area contributed by atoms with Crippen LogP contribution in [0.15, 0.2) is 30.3 Å². The van der Waals surface area contributed by atoms with E-state index in [9.17, 15) is 4.79 Å². The number of halogens is 1. The number of methoxy groups -OCH3 is 3. The molecule has 0 atom stereocenters. The highest BCUT2D eigenvalue weighted by molar-refractivity contribution is 7.23. The number of likely N-dealkylation sites (N-methyl/N-ethyl adjacent to an activating group) is 1. The van der Waals surface area contributed by atoms with Crippen LogP contribution in [-0.4, -0.2) is 63.3 Å². The Morgan fingerprint density at radius 2 is 1.72 bits per heavy atom. The van der Waals surface area contributed by atoms with Gasteiger partial charge in [0, 0.05) is 13.1 Å². The summed E-state index contributed by atoms with van der Waals surface area (Å²) in [4.78, 5) is 22.4. The maximum atomic E-state index is 13.8. The van der Waals surface area contributed by atoms with Crippen LogP contribution < -0.4 is 19.1 Å². The van der Waals surface area contributed by atoms with Crippen molar-refractivity contribution < 1.29 is 19.0 Å². The van der Waals surface area contributed by atoms with Gasteiger partial charge in [-0.2, -0.15) is 0 Å². The molecule has 3 rings (SSSR count). The monoisotopic (exact) mass is 477 g/mol. The SMILES string of the molecule is CCN(CC)CCN(C(=O)c1cccc(OC)c1OC)c1nc2c(OC)ccc(Cl)c2s1. The molecule has 0 N–H and O–H groups in total. The zero-order chi connectivity index (χ0) is 23.3. The Kier molecular flexibility index (Phi) is 8.17. The van der Waals surface area contributed by atoms with Gasteiger partial charge < -0.3 is 19.1 Å². The molecule has 1 amide bonds. The number of rotatable bonds is 10. The zero-order valence-electron chi connectivity index (χ0n) is 19.0. The fraction of sp³-hybridized carbons (Fsp3) is 0.391. The molecule has 0 bridgehead atoms. The number of anilines is 1. The summed E-state index contributed by atoms with van der Waals surface area (Å²) in [6.07, 6.45) is 0. The molecule has 0 saturated carbocycles. The van der Waals surface area contributed by atoms with E-state index in [0.29, 0.717) is 51.6 Å². The lowest BCUT2D eigenvalue weighted by Crippen LogP contribution is -2.39. The fourth-order valence-corrected chi connectivity index (χ4v) is 4.77. The van der Waals surface area contributed by atoms with Gasteiger partial charge in [0.15, 0.2) is 16.6 Å². The second-order valence-electron chi connectivity index (χ2n) is 6.95. The van der Waals surface area contributed by atoms with Gasteiger partial charge in [-0.25, -0.2) is 4.98 Å². The predicted molar refractivity (Wildman–Crippen MR) is 130 cm³/mol. The van der Waals surface area contributed by atoms with Crippen LogP contribution >= 0.6 is 22.9 Å². The number of nitrogens with zero attached hydrogens (tertiary/aromatic N) is 3. The molecule has 3 aromatic rings. The number of hydrogen-bond acceptors (Lipinski definition) is 7. The number of para-hydroxylation sites is 1. The molecule has 7 nitrogen and oxygen atoms in total. The van der Waals surface area contributed by atoms with Crippen molar-refractivity contribution in [3.8, 4) is 17.2 Å². The van der Waals surface area contributed by atoms with Crippen molar-refractivity contribution in [2.45, 2.75) is 13.8 Å². The van der Waals surface area contributed by atoms with Gasteiger partial charge in [0.05, 0.1) is 36.6 Å². The Hall–Kier alpha value is -2.55. The molecule has 1 aromatic heterocycles. The van der Waals surface area contributed by atoms with Crippen LogP contribution in [0.25, 0.3) is 10.2 Å². The number of aromatic nitrogens is 1. The lowest BCUT2D eigenvalue weighted by atomic mass is 10.1. The second-order valence-corrected chi connectivity index (χ2v) is 8.33. The molecule has 172 valence electrons. The normalized spacial score (nSPS) is 11.1. The minimum atomic E-state index is -0.220. The van der Waals surface area contributed by atoms with E-state index in [1.54, 1.807) is 49.5 Å². The highest BCUT2D eigenvalue weighted by atomic mass is 35.5.